The smallest absolute Gasteiger partial charge is 0.0716 e. The molecule has 3 rings (SSSR count). The Balaban J connectivity index is 1.39. The van der Waals surface area contributed by atoms with Crippen molar-refractivity contribution in [2.24, 2.45) is 5.92 Å². The molecule has 1 atom stereocenters. The largest absolute Gasteiger partial charge is 0.377 e. The minimum atomic E-state index is 0.174. The fraction of sp³-hybridized carbons (Fsp3) is 0.667. The maximum atomic E-state index is 6.13. The van der Waals surface area contributed by atoms with Crippen molar-refractivity contribution in [3.05, 3.63) is 35.9 Å². The van der Waals surface area contributed by atoms with E-state index in [1.807, 2.05) is 6.07 Å². The van der Waals surface area contributed by atoms with E-state index < -0.39 is 0 Å². The Morgan fingerprint density at radius 1 is 1.19 bits per heavy atom. The third kappa shape index (κ3) is 4.29. The van der Waals surface area contributed by atoms with E-state index >= 15 is 0 Å². The molecule has 0 radical (unpaired) electrons. The van der Waals surface area contributed by atoms with Gasteiger partial charge in [-0.05, 0) is 56.7 Å². The molecule has 2 fully saturated rings. The molecule has 0 aliphatic carbocycles. The molecule has 3 nitrogen and oxygen atoms in total. The molecule has 0 bridgehead atoms. The Kier molecular flexibility index (Phi) is 5.28. The van der Waals surface area contributed by atoms with Crippen LogP contribution in [-0.4, -0.2) is 31.9 Å². The van der Waals surface area contributed by atoms with Crippen LogP contribution in [-0.2, 0) is 16.1 Å². The summed E-state index contributed by atoms with van der Waals surface area (Å²) in [6.07, 6.45) is 5.95. The highest BCUT2D eigenvalue weighted by molar-refractivity contribution is 5.13. The number of rotatable bonds is 5. The van der Waals surface area contributed by atoms with Gasteiger partial charge in [-0.2, -0.15) is 0 Å². The first-order chi connectivity index (χ1) is 10.4. The first kappa shape index (κ1) is 15.0. The maximum absolute atomic E-state index is 6.13. The highest BCUT2D eigenvalue weighted by atomic mass is 16.5. The number of hydrogen-bond donors (Lipinski definition) is 1. The van der Waals surface area contributed by atoms with Crippen molar-refractivity contribution >= 4 is 0 Å². The number of nitrogens with one attached hydrogen (secondary N) is 1. The summed E-state index contributed by atoms with van der Waals surface area (Å²) in [5.41, 5.74) is 1.44. The second kappa shape index (κ2) is 7.39. The van der Waals surface area contributed by atoms with E-state index in [4.69, 9.17) is 9.47 Å². The molecule has 0 aromatic heterocycles. The van der Waals surface area contributed by atoms with Crippen LogP contribution in [0.25, 0.3) is 0 Å². The molecular formula is C18H27NO2. The summed E-state index contributed by atoms with van der Waals surface area (Å²) in [6.45, 7) is 4.75. The van der Waals surface area contributed by atoms with Crippen LogP contribution in [0.2, 0.25) is 0 Å². The average molecular weight is 289 g/mol. The summed E-state index contributed by atoms with van der Waals surface area (Å²) in [7, 11) is 0. The molecule has 1 spiro atoms. The molecule has 1 aromatic carbocycles. The van der Waals surface area contributed by atoms with E-state index in [-0.39, 0.29) is 5.60 Å². The van der Waals surface area contributed by atoms with Crippen molar-refractivity contribution in [3.63, 3.8) is 0 Å². The monoisotopic (exact) mass is 289 g/mol. The lowest BCUT2D eigenvalue weighted by Gasteiger charge is -2.43. The summed E-state index contributed by atoms with van der Waals surface area (Å²) in [5.74, 6) is 0.771. The molecule has 1 aromatic rings. The SMILES string of the molecule is c1ccc(COCC[C@@H]2CCOC3(CCNCC3)C2)cc1. The Bertz CT molecular complexity index is 409. The van der Waals surface area contributed by atoms with Gasteiger partial charge in [0.05, 0.1) is 12.2 Å². The third-order valence-corrected chi connectivity index (χ3v) is 4.89. The molecule has 0 amide bonds. The lowest BCUT2D eigenvalue weighted by Crippen LogP contribution is -2.48. The number of hydrogen-bond acceptors (Lipinski definition) is 3. The lowest BCUT2D eigenvalue weighted by molar-refractivity contribution is -0.116. The first-order valence-corrected chi connectivity index (χ1v) is 8.33. The van der Waals surface area contributed by atoms with E-state index in [9.17, 15) is 0 Å². The van der Waals surface area contributed by atoms with E-state index in [1.54, 1.807) is 0 Å². The number of piperidine rings is 1. The summed E-state index contributed by atoms with van der Waals surface area (Å²) >= 11 is 0. The Hall–Kier alpha value is -0.900. The van der Waals surface area contributed by atoms with Crippen molar-refractivity contribution in [2.75, 3.05) is 26.3 Å². The van der Waals surface area contributed by atoms with E-state index in [0.29, 0.717) is 0 Å². The minimum absolute atomic E-state index is 0.174. The molecule has 21 heavy (non-hydrogen) atoms. The Morgan fingerprint density at radius 2 is 2.00 bits per heavy atom. The van der Waals surface area contributed by atoms with Gasteiger partial charge in [0.25, 0.3) is 0 Å². The topological polar surface area (TPSA) is 30.5 Å². The van der Waals surface area contributed by atoms with Gasteiger partial charge in [-0.15, -0.1) is 0 Å². The highest BCUT2D eigenvalue weighted by Crippen LogP contribution is 2.37. The van der Waals surface area contributed by atoms with Crippen LogP contribution in [0.3, 0.4) is 0 Å². The van der Waals surface area contributed by atoms with Crippen LogP contribution in [0.4, 0.5) is 0 Å². The van der Waals surface area contributed by atoms with Crippen LogP contribution < -0.4 is 5.32 Å². The van der Waals surface area contributed by atoms with Gasteiger partial charge < -0.3 is 14.8 Å². The second-order valence-electron chi connectivity index (χ2n) is 6.47. The second-order valence-corrected chi connectivity index (χ2v) is 6.47. The van der Waals surface area contributed by atoms with Gasteiger partial charge in [-0.3, -0.25) is 0 Å². The number of ether oxygens (including phenoxy) is 2. The molecule has 2 saturated heterocycles. The average Bonchev–Trinajstić information content (AvgIpc) is 2.54. The van der Waals surface area contributed by atoms with Crippen molar-refractivity contribution in [3.8, 4) is 0 Å². The van der Waals surface area contributed by atoms with Gasteiger partial charge in [-0.25, -0.2) is 0 Å². The molecule has 116 valence electrons. The number of benzene rings is 1. The van der Waals surface area contributed by atoms with Gasteiger partial charge in [0, 0.05) is 13.2 Å². The van der Waals surface area contributed by atoms with Crippen molar-refractivity contribution in [2.45, 2.75) is 44.3 Å². The maximum Gasteiger partial charge on any atom is 0.0716 e. The van der Waals surface area contributed by atoms with Gasteiger partial charge >= 0.3 is 0 Å². The van der Waals surface area contributed by atoms with Crippen LogP contribution in [0, 0.1) is 5.92 Å². The lowest BCUT2D eigenvalue weighted by atomic mass is 9.79. The summed E-state index contributed by atoms with van der Waals surface area (Å²) in [6, 6.07) is 10.4. The zero-order chi connectivity index (χ0) is 14.4. The molecule has 1 N–H and O–H groups in total. The summed E-state index contributed by atoms with van der Waals surface area (Å²) in [5, 5.41) is 3.44. The minimum Gasteiger partial charge on any atom is -0.377 e. The van der Waals surface area contributed by atoms with E-state index in [1.165, 1.54) is 37.7 Å². The van der Waals surface area contributed by atoms with Crippen LogP contribution in [0.5, 0.6) is 0 Å². The predicted octanol–water partition coefficient (Wildman–Crippen LogP) is 3.14. The van der Waals surface area contributed by atoms with Crippen LogP contribution in [0.15, 0.2) is 30.3 Å². The van der Waals surface area contributed by atoms with Gasteiger partial charge in [0.15, 0.2) is 0 Å². The van der Waals surface area contributed by atoms with Crippen LogP contribution >= 0.6 is 0 Å². The Morgan fingerprint density at radius 3 is 2.81 bits per heavy atom. The summed E-state index contributed by atoms with van der Waals surface area (Å²) in [4.78, 5) is 0. The Labute approximate surface area is 128 Å². The molecule has 0 unspecified atom stereocenters. The van der Waals surface area contributed by atoms with Crippen molar-refractivity contribution in [1.29, 1.82) is 0 Å². The molecule has 2 heterocycles. The molecule has 0 saturated carbocycles. The quantitative estimate of drug-likeness (QED) is 0.845. The van der Waals surface area contributed by atoms with Gasteiger partial charge in [-0.1, -0.05) is 30.3 Å². The standard InChI is InChI=1S/C18H27NO2/c1-2-4-17(5-3-1)15-20-12-6-16-7-13-21-18(14-16)8-10-19-11-9-18/h1-5,16,19H,6-15H2/t16-/m1/s1. The molecular weight excluding hydrogens is 262 g/mol. The fourth-order valence-electron chi connectivity index (χ4n) is 3.62. The highest BCUT2D eigenvalue weighted by Gasteiger charge is 2.38. The summed E-state index contributed by atoms with van der Waals surface area (Å²) < 4.78 is 12.0. The predicted molar refractivity (Wildman–Crippen MR) is 84.2 cm³/mol. The first-order valence-electron chi connectivity index (χ1n) is 8.33. The van der Waals surface area contributed by atoms with Crippen molar-refractivity contribution in [1.82, 2.24) is 5.32 Å². The van der Waals surface area contributed by atoms with Gasteiger partial charge in [0.2, 0.25) is 0 Å². The fourth-order valence-corrected chi connectivity index (χ4v) is 3.62. The van der Waals surface area contributed by atoms with E-state index in [0.717, 1.165) is 38.8 Å². The molecule has 3 heteroatoms. The van der Waals surface area contributed by atoms with Crippen LogP contribution in [0.1, 0.15) is 37.7 Å². The van der Waals surface area contributed by atoms with E-state index in [2.05, 4.69) is 29.6 Å². The van der Waals surface area contributed by atoms with Crippen molar-refractivity contribution < 1.29 is 9.47 Å². The zero-order valence-electron chi connectivity index (χ0n) is 12.9. The van der Waals surface area contributed by atoms with Gasteiger partial charge in [0.1, 0.15) is 0 Å². The zero-order valence-corrected chi connectivity index (χ0v) is 12.9. The molecule has 2 aliphatic heterocycles. The third-order valence-electron chi connectivity index (χ3n) is 4.89. The normalized spacial score (nSPS) is 25.0. The molecule has 2 aliphatic rings.